The number of hydrogen-bond donors (Lipinski definition) is 1. The zero-order valence-electron chi connectivity index (χ0n) is 7.70. The van der Waals surface area contributed by atoms with Crippen molar-refractivity contribution in [3.63, 3.8) is 0 Å². The minimum atomic E-state index is 0.115. The van der Waals surface area contributed by atoms with E-state index in [4.69, 9.17) is 5.11 Å². The Hall–Kier alpha value is 0.160. The molecule has 0 spiro atoms. The van der Waals surface area contributed by atoms with Gasteiger partial charge >= 0.3 is 0 Å². The molecule has 0 aromatic carbocycles. The quantitative estimate of drug-likeness (QED) is 0.849. The van der Waals surface area contributed by atoms with Crippen LogP contribution in [0, 0.1) is 0 Å². The highest BCUT2D eigenvalue weighted by molar-refractivity contribution is 9.10. The van der Waals surface area contributed by atoms with Crippen molar-refractivity contribution in [2.24, 2.45) is 0 Å². The maximum atomic E-state index is 11.6. The monoisotopic (exact) mass is 294 g/mol. The van der Waals surface area contributed by atoms with Gasteiger partial charge in [0.15, 0.2) is 5.78 Å². The number of thioether (sulfide) groups is 1. The SMILES string of the molecule is CC(CO)SCC(=O)c1sccc1Br. The second kappa shape index (κ2) is 5.90. The fraction of sp³-hybridized carbons (Fsp3) is 0.444. The van der Waals surface area contributed by atoms with Crippen molar-refractivity contribution in [2.45, 2.75) is 12.2 Å². The summed E-state index contributed by atoms with van der Waals surface area (Å²) >= 11 is 6.24. The second-order valence-electron chi connectivity index (χ2n) is 2.83. The number of hydrogen-bond acceptors (Lipinski definition) is 4. The lowest BCUT2D eigenvalue weighted by Crippen LogP contribution is -2.08. The molecule has 1 rings (SSSR count). The van der Waals surface area contributed by atoms with E-state index in [-0.39, 0.29) is 17.6 Å². The van der Waals surface area contributed by atoms with Gasteiger partial charge in [-0.05, 0) is 27.4 Å². The fourth-order valence-corrected chi connectivity index (χ4v) is 3.14. The van der Waals surface area contributed by atoms with Crippen LogP contribution in [0.4, 0.5) is 0 Å². The van der Waals surface area contributed by atoms with E-state index in [0.29, 0.717) is 5.75 Å². The molecular weight excluding hydrogens is 284 g/mol. The van der Waals surface area contributed by atoms with Crippen LogP contribution in [0.25, 0.3) is 0 Å². The van der Waals surface area contributed by atoms with Gasteiger partial charge in [0, 0.05) is 9.72 Å². The Morgan fingerprint density at radius 1 is 1.79 bits per heavy atom. The molecule has 1 unspecified atom stereocenters. The zero-order valence-corrected chi connectivity index (χ0v) is 10.9. The van der Waals surface area contributed by atoms with Gasteiger partial charge in [0.05, 0.1) is 17.2 Å². The number of aliphatic hydroxyl groups excluding tert-OH is 1. The van der Waals surface area contributed by atoms with E-state index in [0.717, 1.165) is 9.35 Å². The minimum Gasteiger partial charge on any atom is -0.395 e. The van der Waals surface area contributed by atoms with Crippen LogP contribution < -0.4 is 0 Å². The Morgan fingerprint density at radius 3 is 3.00 bits per heavy atom. The van der Waals surface area contributed by atoms with E-state index in [1.807, 2.05) is 18.4 Å². The molecule has 1 heterocycles. The van der Waals surface area contributed by atoms with Gasteiger partial charge in [-0.2, -0.15) is 0 Å². The van der Waals surface area contributed by atoms with Gasteiger partial charge in [0.2, 0.25) is 0 Å². The number of rotatable bonds is 5. The Balaban J connectivity index is 2.47. The van der Waals surface area contributed by atoms with E-state index >= 15 is 0 Å². The lowest BCUT2D eigenvalue weighted by Gasteiger charge is -2.05. The van der Waals surface area contributed by atoms with Crippen molar-refractivity contribution in [3.8, 4) is 0 Å². The molecule has 2 nitrogen and oxygen atoms in total. The Kier molecular flexibility index (Phi) is 5.15. The van der Waals surface area contributed by atoms with Gasteiger partial charge < -0.3 is 5.11 Å². The summed E-state index contributed by atoms with van der Waals surface area (Å²) in [7, 11) is 0. The highest BCUT2D eigenvalue weighted by Gasteiger charge is 2.12. The summed E-state index contributed by atoms with van der Waals surface area (Å²) < 4.78 is 0.866. The van der Waals surface area contributed by atoms with Crippen LogP contribution >= 0.6 is 39.0 Å². The van der Waals surface area contributed by atoms with Crippen molar-refractivity contribution in [1.29, 1.82) is 0 Å². The minimum absolute atomic E-state index is 0.115. The van der Waals surface area contributed by atoms with Crippen LogP contribution in [0.2, 0.25) is 0 Å². The van der Waals surface area contributed by atoms with Crippen molar-refractivity contribution in [2.75, 3.05) is 12.4 Å². The predicted molar refractivity (Wildman–Crippen MR) is 65.4 cm³/mol. The molecule has 1 atom stereocenters. The van der Waals surface area contributed by atoms with Gasteiger partial charge in [-0.25, -0.2) is 0 Å². The molecule has 0 saturated carbocycles. The van der Waals surface area contributed by atoms with Crippen LogP contribution in [-0.2, 0) is 0 Å². The lowest BCUT2D eigenvalue weighted by molar-refractivity contribution is 0.102. The fourth-order valence-electron chi connectivity index (χ4n) is 0.829. The molecule has 0 fully saturated rings. The van der Waals surface area contributed by atoms with Crippen LogP contribution in [-0.4, -0.2) is 28.5 Å². The summed E-state index contributed by atoms with van der Waals surface area (Å²) in [5, 5.41) is 10.8. The van der Waals surface area contributed by atoms with Crippen LogP contribution in [0.1, 0.15) is 16.6 Å². The van der Waals surface area contributed by atoms with Crippen LogP contribution in [0.5, 0.6) is 0 Å². The summed E-state index contributed by atoms with van der Waals surface area (Å²) in [6, 6.07) is 1.87. The van der Waals surface area contributed by atoms with E-state index in [1.165, 1.54) is 23.1 Å². The number of aliphatic hydroxyl groups is 1. The maximum Gasteiger partial charge on any atom is 0.183 e. The molecule has 0 aliphatic carbocycles. The van der Waals surface area contributed by atoms with Gasteiger partial charge in [-0.3, -0.25) is 4.79 Å². The van der Waals surface area contributed by atoms with Crippen LogP contribution in [0.15, 0.2) is 15.9 Å². The number of carbonyl (C=O) groups excluding carboxylic acids is 1. The topological polar surface area (TPSA) is 37.3 Å². The van der Waals surface area contributed by atoms with E-state index in [2.05, 4.69) is 15.9 Å². The summed E-state index contributed by atoms with van der Waals surface area (Å²) in [4.78, 5) is 12.4. The third-order valence-electron chi connectivity index (χ3n) is 1.63. The van der Waals surface area contributed by atoms with Crippen molar-refractivity contribution in [3.05, 3.63) is 20.8 Å². The first-order chi connectivity index (χ1) is 6.65. The standard InChI is InChI=1S/C9H11BrO2S2/c1-6(4-11)14-5-8(12)9-7(10)2-3-13-9/h2-3,6,11H,4-5H2,1H3. The molecule has 0 saturated heterocycles. The molecule has 5 heteroatoms. The van der Waals surface area contributed by atoms with E-state index in [9.17, 15) is 4.79 Å². The van der Waals surface area contributed by atoms with Crippen molar-refractivity contribution in [1.82, 2.24) is 0 Å². The summed E-state index contributed by atoms with van der Waals surface area (Å²) in [5.74, 6) is 0.554. The maximum absolute atomic E-state index is 11.6. The molecule has 0 amide bonds. The molecule has 0 aliphatic heterocycles. The van der Waals surface area contributed by atoms with Gasteiger partial charge in [-0.1, -0.05) is 6.92 Å². The summed E-state index contributed by atoms with van der Waals surface area (Å²) in [5.41, 5.74) is 0. The second-order valence-corrected chi connectivity index (χ2v) is 6.02. The molecule has 1 N–H and O–H groups in total. The first kappa shape index (κ1) is 12.2. The third kappa shape index (κ3) is 3.38. The number of thiophene rings is 1. The molecule has 14 heavy (non-hydrogen) atoms. The molecule has 0 aliphatic rings. The molecule has 1 aromatic heterocycles. The Morgan fingerprint density at radius 2 is 2.50 bits per heavy atom. The van der Waals surface area contributed by atoms with Crippen LogP contribution in [0.3, 0.4) is 0 Å². The first-order valence-electron chi connectivity index (χ1n) is 4.13. The highest BCUT2D eigenvalue weighted by Crippen LogP contribution is 2.24. The number of ketones is 1. The number of Topliss-reactive ketones (excluding diaryl/α,β-unsaturated/α-hetero) is 1. The van der Waals surface area contributed by atoms with Crippen molar-refractivity contribution >= 4 is 44.8 Å². The molecule has 0 bridgehead atoms. The average Bonchev–Trinajstić information content (AvgIpc) is 2.60. The normalized spacial score (nSPS) is 12.8. The van der Waals surface area contributed by atoms with E-state index < -0.39 is 0 Å². The summed E-state index contributed by atoms with van der Waals surface area (Å²) in [6.45, 7) is 2.02. The third-order valence-corrected chi connectivity index (χ3v) is 4.65. The number of halogens is 1. The molecule has 78 valence electrons. The Bertz CT molecular complexity index is 312. The largest absolute Gasteiger partial charge is 0.395 e. The lowest BCUT2D eigenvalue weighted by atomic mass is 10.3. The predicted octanol–water partition coefficient (Wildman–Crippen LogP) is 2.81. The van der Waals surface area contributed by atoms with Gasteiger partial charge in [-0.15, -0.1) is 23.1 Å². The van der Waals surface area contributed by atoms with Gasteiger partial charge in [0.25, 0.3) is 0 Å². The Labute approximate surface area is 99.8 Å². The summed E-state index contributed by atoms with van der Waals surface area (Å²) in [6.07, 6.45) is 0. The number of carbonyl (C=O) groups is 1. The van der Waals surface area contributed by atoms with E-state index in [1.54, 1.807) is 0 Å². The molecule has 0 radical (unpaired) electrons. The van der Waals surface area contributed by atoms with Gasteiger partial charge in [0.1, 0.15) is 0 Å². The average molecular weight is 295 g/mol. The zero-order chi connectivity index (χ0) is 10.6. The first-order valence-corrected chi connectivity index (χ1v) is 6.86. The molecule has 1 aromatic rings. The molecular formula is C9H11BrO2S2. The van der Waals surface area contributed by atoms with Crippen molar-refractivity contribution < 1.29 is 9.90 Å². The smallest absolute Gasteiger partial charge is 0.183 e. The highest BCUT2D eigenvalue weighted by atomic mass is 79.9.